The van der Waals surface area contributed by atoms with Crippen molar-refractivity contribution in [3.8, 4) is 0 Å². The second-order valence-electron chi connectivity index (χ2n) is 6.18. The highest BCUT2D eigenvalue weighted by Crippen LogP contribution is 2.15. The summed E-state index contributed by atoms with van der Waals surface area (Å²) in [5.74, 6) is -0.0276. The van der Waals surface area contributed by atoms with Gasteiger partial charge in [-0.3, -0.25) is 4.79 Å². The topological polar surface area (TPSA) is 65.5 Å². The maximum Gasteiger partial charge on any atom is 0.318 e. The van der Waals surface area contributed by atoms with Crippen LogP contribution in [0, 0.1) is 0 Å². The van der Waals surface area contributed by atoms with Crippen LogP contribution in [0.25, 0.3) is 0 Å². The van der Waals surface area contributed by atoms with Crippen molar-refractivity contribution in [2.45, 2.75) is 25.9 Å². The molecule has 1 fully saturated rings. The third-order valence-corrected chi connectivity index (χ3v) is 5.25. The van der Waals surface area contributed by atoms with Crippen LogP contribution in [0.15, 0.2) is 35.7 Å². The molecular weight excluding hydrogens is 336 g/mol. The molecule has 1 atom stereocenters. The van der Waals surface area contributed by atoms with Crippen LogP contribution in [0.1, 0.15) is 23.2 Å². The molecule has 1 aliphatic rings. The van der Waals surface area contributed by atoms with Gasteiger partial charge in [-0.25, -0.2) is 9.78 Å². The predicted molar refractivity (Wildman–Crippen MR) is 97.4 cm³/mol. The van der Waals surface area contributed by atoms with Crippen LogP contribution in [0.3, 0.4) is 0 Å². The number of nitrogens with one attached hydrogen (secondary N) is 1. The van der Waals surface area contributed by atoms with E-state index in [1.165, 1.54) is 5.56 Å². The number of likely N-dealkylation sites (N-methyl/N-ethyl adjacent to an activating group) is 1. The van der Waals surface area contributed by atoms with Gasteiger partial charge in [-0.15, -0.1) is 11.3 Å². The molecule has 1 saturated heterocycles. The van der Waals surface area contributed by atoms with E-state index in [2.05, 4.69) is 22.4 Å². The van der Waals surface area contributed by atoms with Gasteiger partial charge in [0.2, 0.25) is 5.91 Å². The summed E-state index contributed by atoms with van der Waals surface area (Å²) in [6.45, 7) is 3.25. The molecule has 132 valence electrons. The number of rotatable bonds is 4. The van der Waals surface area contributed by atoms with Crippen molar-refractivity contribution in [3.05, 3.63) is 52.0 Å². The second kappa shape index (κ2) is 7.65. The number of hydrogen-bond acceptors (Lipinski definition) is 4. The van der Waals surface area contributed by atoms with E-state index in [4.69, 9.17) is 0 Å². The Morgan fingerprint density at radius 3 is 2.84 bits per heavy atom. The standard InChI is InChI=1S/C18H22N4O2S/c1-13-17(23)21(2)8-9-22(13)18(24)19-11-15-12-25-16(20-15)10-14-6-4-3-5-7-14/h3-7,12-13H,8-11H2,1-2H3,(H,19,24). The average Bonchev–Trinajstić information content (AvgIpc) is 3.06. The van der Waals surface area contributed by atoms with Crippen molar-refractivity contribution in [3.63, 3.8) is 0 Å². The van der Waals surface area contributed by atoms with Crippen molar-refractivity contribution in [1.29, 1.82) is 0 Å². The van der Waals surface area contributed by atoms with Crippen LogP contribution < -0.4 is 5.32 Å². The molecule has 7 heteroatoms. The largest absolute Gasteiger partial charge is 0.342 e. The highest BCUT2D eigenvalue weighted by Gasteiger charge is 2.32. The van der Waals surface area contributed by atoms with E-state index >= 15 is 0 Å². The number of hydrogen-bond donors (Lipinski definition) is 1. The van der Waals surface area contributed by atoms with Crippen LogP contribution >= 0.6 is 11.3 Å². The third-order valence-electron chi connectivity index (χ3n) is 4.36. The number of aromatic nitrogens is 1. The molecule has 1 aliphatic heterocycles. The Hall–Kier alpha value is -2.41. The molecule has 1 N–H and O–H groups in total. The molecule has 1 aromatic heterocycles. The molecule has 1 unspecified atom stereocenters. The monoisotopic (exact) mass is 358 g/mol. The van der Waals surface area contributed by atoms with E-state index in [-0.39, 0.29) is 11.9 Å². The molecule has 0 aliphatic carbocycles. The number of nitrogens with zero attached hydrogens (tertiary/aromatic N) is 3. The molecule has 0 spiro atoms. The van der Waals surface area contributed by atoms with Crippen LogP contribution in [0.2, 0.25) is 0 Å². The van der Waals surface area contributed by atoms with E-state index in [0.717, 1.165) is 17.1 Å². The molecular formula is C18H22N4O2S. The maximum absolute atomic E-state index is 12.4. The highest BCUT2D eigenvalue weighted by atomic mass is 32.1. The quantitative estimate of drug-likeness (QED) is 0.910. The van der Waals surface area contributed by atoms with Crippen molar-refractivity contribution in [2.75, 3.05) is 20.1 Å². The SMILES string of the molecule is CC1C(=O)N(C)CCN1C(=O)NCc1csc(Cc2ccccc2)n1. The van der Waals surface area contributed by atoms with Crippen molar-refractivity contribution >= 4 is 23.3 Å². The predicted octanol–water partition coefficient (Wildman–Crippen LogP) is 2.11. The number of piperazine rings is 1. The lowest BCUT2D eigenvalue weighted by molar-refractivity contribution is -0.137. The molecule has 6 nitrogen and oxygen atoms in total. The zero-order valence-corrected chi connectivity index (χ0v) is 15.3. The number of urea groups is 1. The van der Waals surface area contributed by atoms with Gasteiger partial charge in [0.25, 0.3) is 0 Å². The highest BCUT2D eigenvalue weighted by molar-refractivity contribution is 7.09. The van der Waals surface area contributed by atoms with Crippen LogP contribution in [0.5, 0.6) is 0 Å². The summed E-state index contributed by atoms with van der Waals surface area (Å²) in [7, 11) is 1.76. The molecule has 0 radical (unpaired) electrons. The zero-order valence-electron chi connectivity index (χ0n) is 14.4. The first-order chi connectivity index (χ1) is 12.0. The van der Waals surface area contributed by atoms with Gasteiger partial charge in [-0.2, -0.15) is 0 Å². The minimum atomic E-state index is -0.428. The number of thiazole rings is 1. The normalized spacial score (nSPS) is 17.7. The molecule has 0 saturated carbocycles. The zero-order chi connectivity index (χ0) is 17.8. The van der Waals surface area contributed by atoms with Gasteiger partial charge in [0.15, 0.2) is 0 Å². The van der Waals surface area contributed by atoms with Gasteiger partial charge in [0.1, 0.15) is 6.04 Å². The van der Waals surface area contributed by atoms with Crippen LogP contribution in [0.4, 0.5) is 4.79 Å². The fraction of sp³-hybridized carbons (Fsp3) is 0.389. The number of carbonyl (C=O) groups excluding carboxylic acids is 2. The van der Waals surface area contributed by atoms with E-state index < -0.39 is 6.04 Å². The second-order valence-corrected chi connectivity index (χ2v) is 7.13. The average molecular weight is 358 g/mol. The summed E-state index contributed by atoms with van der Waals surface area (Å²) in [5, 5.41) is 5.87. The molecule has 3 amide bonds. The smallest absolute Gasteiger partial charge is 0.318 e. The summed E-state index contributed by atoms with van der Waals surface area (Å²) < 4.78 is 0. The van der Waals surface area contributed by atoms with E-state index in [9.17, 15) is 9.59 Å². The van der Waals surface area contributed by atoms with Gasteiger partial charge in [0, 0.05) is 31.9 Å². The molecule has 2 heterocycles. The van der Waals surface area contributed by atoms with Crippen molar-refractivity contribution < 1.29 is 9.59 Å². The molecule has 0 bridgehead atoms. The van der Waals surface area contributed by atoms with Gasteiger partial charge < -0.3 is 15.1 Å². The van der Waals surface area contributed by atoms with E-state index in [1.54, 1.807) is 35.1 Å². The number of carbonyl (C=O) groups is 2. The van der Waals surface area contributed by atoms with Gasteiger partial charge in [-0.05, 0) is 12.5 Å². The summed E-state index contributed by atoms with van der Waals surface area (Å²) in [6.07, 6.45) is 0.795. The fourth-order valence-electron chi connectivity index (χ4n) is 2.84. The van der Waals surface area contributed by atoms with Gasteiger partial charge in [0.05, 0.1) is 17.2 Å². The fourth-order valence-corrected chi connectivity index (χ4v) is 3.67. The van der Waals surface area contributed by atoms with Crippen LogP contribution in [-0.2, 0) is 17.8 Å². The first kappa shape index (κ1) is 17.4. The summed E-state index contributed by atoms with van der Waals surface area (Å²) >= 11 is 1.60. The lowest BCUT2D eigenvalue weighted by Crippen LogP contribution is -2.58. The maximum atomic E-state index is 12.4. The Morgan fingerprint density at radius 1 is 1.32 bits per heavy atom. The number of amides is 3. The van der Waals surface area contributed by atoms with Gasteiger partial charge in [-0.1, -0.05) is 30.3 Å². The molecule has 2 aromatic rings. The molecule has 1 aromatic carbocycles. The third kappa shape index (κ3) is 4.17. The lowest BCUT2D eigenvalue weighted by Gasteiger charge is -2.37. The minimum Gasteiger partial charge on any atom is -0.342 e. The van der Waals surface area contributed by atoms with Crippen molar-refractivity contribution in [2.24, 2.45) is 0 Å². The first-order valence-electron chi connectivity index (χ1n) is 8.31. The van der Waals surface area contributed by atoms with E-state index in [0.29, 0.717) is 19.6 Å². The van der Waals surface area contributed by atoms with Crippen LogP contribution in [-0.4, -0.2) is 52.9 Å². The Morgan fingerprint density at radius 2 is 2.08 bits per heavy atom. The first-order valence-corrected chi connectivity index (χ1v) is 9.19. The lowest BCUT2D eigenvalue weighted by atomic mass is 10.2. The summed E-state index contributed by atoms with van der Waals surface area (Å²) in [4.78, 5) is 32.2. The molecule has 3 rings (SSSR count). The summed E-state index contributed by atoms with van der Waals surface area (Å²) in [6, 6.07) is 9.54. The summed E-state index contributed by atoms with van der Waals surface area (Å²) in [5.41, 5.74) is 2.06. The molecule has 25 heavy (non-hydrogen) atoms. The Balaban J connectivity index is 1.53. The van der Waals surface area contributed by atoms with Gasteiger partial charge >= 0.3 is 6.03 Å². The van der Waals surface area contributed by atoms with Crippen molar-refractivity contribution in [1.82, 2.24) is 20.1 Å². The minimum absolute atomic E-state index is 0.0276. The Bertz CT molecular complexity index is 747. The Labute approximate surface area is 151 Å². The number of benzene rings is 1. The Kier molecular flexibility index (Phi) is 5.33. The van der Waals surface area contributed by atoms with E-state index in [1.807, 2.05) is 23.6 Å².